The molecule has 2 unspecified atom stereocenters. The number of aliphatic hydroxyl groups is 1. The van der Waals surface area contributed by atoms with Crippen LogP contribution in [0.3, 0.4) is 0 Å². The summed E-state index contributed by atoms with van der Waals surface area (Å²) < 4.78 is 0. The molecule has 4 nitrogen and oxygen atoms in total. The van der Waals surface area contributed by atoms with Gasteiger partial charge in [0, 0.05) is 12.5 Å². The Bertz CT molecular complexity index is 143. The Balaban J connectivity index is 2.38. The van der Waals surface area contributed by atoms with Crippen molar-refractivity contribution >= 4 is 5.91 Å². The first-order chi connectivity index (χ1) is 5.22. The predicted octanol–water partition coefficient (Wildman–Crippen LogP) is -1.17. The third kappa shape index (κ3) is 2.17. The van der Waals surface area contributed by atoms with Gasteiger partial charge in [-0.25, -0.2) is 0 Å². The molecule has 4 N–H and O–H groups in total. The second-order valence-electron chi connectivity index (χ2n) is 2.95. The van der Waals surface area contributed by atoms with Crippen LogP contribution in [0.4, 0.5) is 0 Å². The number of rotatable bonds is 2. The number of carbonyl (C=O) groups excluding carboxylic acids is 1. The molecule has 0 aromatic heterocycles. The van der Waals surface area contributed by atoms with Crippen LogP contribution in [0.5, 0.6) is 0 Å². The first-order valence-corrected chi connectivity index (χ1v) is 3.90. The Kier molecular flexibility index (Phi) is 2.84. The maximum absolute atomic E-state index is 10.5. The van der Waals surface area contributed by atoms with Crippen LogP contribution in [0, 0.1) is 5.92 Å². The Hall–Kier alpha value is -0.610. The first kappa shape index (κ1) is 8.49. The standard InChI is InChI=1S/C7H14N2O2/c8-7(11)6(10)5-2-1-3-9-4-5/h5-6,9-10H,1-4H2,(H2,8,11). The fraction of sp³-hybridized carbons (Fsp3) is 0.857. The molecule has 1 saturated heterocycles. The zero-order valence-electron chi connectivity index (χ0n) is 6.42. The minimum atomic E-state index is -0.970. The van der Waals surface area contributed by atoms with Crippen molar-refractivity contribution in [2.75, 3.05) is 13.1 Å². The summed E-state index contributed by atoms with van der Waals surface area (Å²) in [5.74, 6) is -0.597. The number of primary amides is 1. The molecule has 0 radical (unpaired) electrons. The molecule has 0 aromatic rings. The highest BCUT2D eigenvalue weighted by atomic mass is 16.3. The van der Waals surface area contributed by atoms with Crippen molar-refractivity contribution in [3.05, 3.63) is 0 Å². The molecule has 0 spiro atoms. The second kappa shape index (κ2) is 3.69. The molecule has 1 amide bonds. The number of nitrogens with two attached hydrogens (primary N) is 1. The summed E-state index contributed by atoms with van der Waals surface area (Å²) in [5, 5.41) is 12.3. The SMILES string of the molecule is NC(=O)C(O)C1CCCNC1. The summed E-state index contributed by atoms with van der Waals surface area (Å²) >= 11 is 0. The van der Waals surface area contributed by atoms with E-state index in [1.807, 2.05) is 0 Å². The van der Waals surface area contributed by atoms with Crippen molar-refractivity contribution < 1.29 is 9.90 Å². The monoisotopic (exact) mass is 158 g/mol. The average molecular weight is 158 g/mol. The van der Waals surface area contributed by atoms with Gasteiger partial charge in [-0.2, -0.15) is 0 Å². The summed E-state index contributed by atoms with van der Waals surface area (Å²) in [6.07, 6.45) is 0.925. The number of hydrogen-bond donors (Lipinski definition) is 3. The molecule has 1 aliphatic heterocycles. The smallest absolute Gasteiger partial charge is 0.246 e. The highest BCUT2D eigenvalue weighted by molar-refractivity contribution is 5.78. The van der Waals surface area contributed by atoms with Crippen LogP contribution in [0.25, 0.3) is 0 Å². The van der Waals surface area contributed by atoms with E-state index in [9.17, 15) is 9.90 Å². The number of hydrogen-bond acceptors (Lipinski definition) is 3. The molecule has 64 valence electrons. The summed E-state index contributed by atoms with van der Waals surface area (Å²) in [5.41, 5.74) is 4.95. The molecule has 11 heavy (non-hydrogen) atoms. The fourth-order valence-electron chi connectivity index (χ4n) is 1.38. The highest BCUT2D eigenvalue weighted by Crippen LogP contribution is 2.13. The normalized spacial score (nSPS) is 27.9. The Labute approximate surface area is 65.8 Å². The van der Waals surface area contributed by atoms with Crippen LogP contribution >= 0.6 is 0 Å². The number of nitrogens with one attached hydrogen (secondary N) is 1. The van der Waals surface area contributed by atoms with Gasteiger partial charge in [0.05, 0.1) is 0 Å². The zero-order valence-corrected chi connectivity index (χ0v) is 6.42. The predicted molar refractivity (Wildman–Crippen MR) is 40.8 cm³/mol. The maximum Gasteiger partial charge on any atom is 0.246 e. The minimum absolute atomic E-state index is 0.0150. The number of carbonyl (C=O) groups is 1. The van der Waals surface area contributed by atoms with Crippen molar-refractivity contribution in [2.24, 2.45) is 11.7 Å². The van der Waals surface area contributed by atoms with Gasteiger partial charge in [-0.1, -0.05) is 0 Å². The van der Waals surface area contributed by atoms with Crippen molar-refractivity contribution in [1.82, 2.24) is 5.32 Å². The second-order valence-corrected chi connectivity index (χ2v) is 2.95. The van der Waals surface area contributed by atoms with E-state index in [1.165, 1.54) is 0 Å². The molecule has 0 aliphatic carbocycles. The van der Waals surface area contributed by atoms with Crippen LogP contribution < -0.4 is 11.1 Å². The van der Waals surface area contributed by atoms with E-state index >= 15 is 0 Å². The Morgan fingerprint density at radius 3 is 2.91 bits per heavy atom. The van der Waals surface area contributed by atoms with Gasteiger partial charge >= 0.3 is 0 Å². The van der Waals surface area contributed by atoms with E-state index in [1.54, 1.807) is 0 Å². The fourth-order valence-corrected chi connectivity index (χ4v) is 1.38. The van der Waals surface area contributed by atoms with E-state index in [2.05, 4.69) is 5.32 Å². The lowest BCUT2D eigenvalue weighted by Gasteiger charge is -2.25. The van der Waals surface area contributed by atoms with Crippen molar-refractivity contribution in [3.8, 4) is 0 Å². The van der Waals surface area contributed by atoms with Gasteiger partial charge in [0.15, 0.2) is 0 Å². The molecule has 2 atom stereocenters. The summed E-state index contributed by atoms with van der Waals surface area (Å²) in [7, 11) is 0. The van der Waals surface area contributed by atoms with E-state index in [0.29, 0.717) is 6.54 Å². The lowest BCUT2D eigenvalue weighted by Crippen LogP contribution is -2.43. The molecule has 1 rings (SSSR count). The Morgan fingerprint density at radius 2 is 2.45 bits per heavy atom. The lowest BCUT2D eigenvalue weighted by atomic mass is 9.93. The summed E-state index contributed by atoms with van der Waals surface area (Å²) in [4.78, 5) is 10.5. The van der Waals surface area contributed by atoms with Crippen LogP contribution in [0.1, 0.15) is 12.8 Å². The first-order valence-electron chi connectivity index (χ1n) is 3.90. The molecule has 0 aromatic carbocycles. The van der Waals surface area contributed by atoms with Gasteiger partial charge in [-0.05, 0) is 19.4 Å². The molecular weight excluding hydrogens is 144 g/mol. The molecule has 1 heterocycles. The van der Waals surface area contributed by atoms with Crippen LogP contribution in [-0.4, -0.2) is 30.2 Å². The lowest BCUT2D eigenvalue weighted by molar-refractivity contribution is -0.129. The van der Waals surface area contributed by atoms with Gasteiger partial charge in [0.1, 0.15) is 6.10 Å². The highest BCUT2D eigenvalue weighted by Gasteiger charge is 2.25. The molecule has 0 saturated carbocycles. The summed E-state index contributed by atoms with van der Waals surface area (Å²) in [6.45, 7) is 1.67. The molecule has 1 aliphatic rings. The van der Waals surface area contributed by atoms with Gasteiger partial charge in [-0.15, -0.1) is 0 Å². The number of aliphatic hydroxyl groups excluding tert-OH is 1. The average Bonchev–Trinajstić information content (AvgIpc) is 2.05. The van der Waals surface area contributed by atoms with Gasteiger partial charge in [-0.3, -0.25) is 4.79 Å². The van der Waals surface area contributed by atoms with Crippen LogP contribution in [0.15, 0.2) is 0 Å². The molecule has 0 bridgehead atoms. The van der Waals surface area contributed by atoms with Crippen molar-refractivity contribution in [2.45, 2.75) is 18.9 Å². The largest absolute Gasteiger partial charge is 0.383 e. The topological polar surface area (TPSA) is 75.4 Å². The molecular formula is C7H14N2O2. The van der Waals surface area contributed by atoms with Gasteiger partial charge < -0.3 is 16.2 Å². The minimum Gasteiger partial charge on any atom is -0.383 e. The van der Waals surface area contributed by atoms with E-state index in [-0.39, 0.29) is 5.92 Å². The van der Waals surface area contributed by atoms with Gasteiger partial charge in [0.2, 0.25) is 5.91 Å². The van der Waals surface area contributed by atoms with E-state index < -0.39 is 12.0 Å². The molecule has 1 fully saturated rings. The van der Waals surface area contributed by atoms with Crippen LogP contribution in [0.2, 0.25) is 0 Å². The Morgan fingerprint density at radius 1 is 1.73 bits per heavy atom. The van der Waals surface area contributed by atoms with Crippen molar-refractivity contribution in [3.63, 3.8) is 0 Å². The van der Waals surface area contributed by atoms with Crippen LogP contribution in [-0.2, 0) is 4.79 Å². The number of amides is 1. The van der Waals surface area contributed by atoms with Crippen molar-refractivity contribution in [1.29, 1.82) is 0 Å². The summed E-state index contributed by atoms with van der Waals surface area (Å²) in [6, 6.07) is 0. The number of piperidine rings is 1. The van der Waals surface area contributed by atoms with E-state index in [0.717, 1.165) is 19.4 Å². The zero-order chi connectivity index (χ0) is 8.27. The van der Waals surface area contributed by atoms with Gasteiger partial charge in [0.25, 0.3) is 0 Å². The maximum atomic E-state index is 10.5. The third-order valence-corrected chi connectivity index (χ3v) is 2.07. The quantitative estimate of drug-likeness (QED) is 0.474. The molecule has 4 heteroatoms. The third-order valence-electron chi connectivity index (χ3n) is 2.07. The van der Waals surface area contributed by atoms with E-state index in [4.69, 9.17) is 5.73 Å².